The Morgan fingerprint density at radius 3 is 2.53 bits per heavy atom. The van der Waals surface area contributed by atoms with E-state index in [-0.39, 0.29) is 5.97 Å². The molecule has 100 valence electrons. The van der Waals surface area contributed by atoms with E-state index in [9.17, 15) is 4.79 Å². The molecule has 0 aromatic carbocycles. The molecule has 19 heavy (non-hydrogen) atoms. The van der Waals surface area contributed by atoms with Gasteiger partial charge in [0.1, 0.15) is 0 Å². The summed E-state index contributed by atoms with van der Waals surface area (Å²) in [4.78, 5) is 11.1. The molecule has 0 bridgehead atoms. The van der Waals surface area contributed by atoms with Crippen LogP contribution in [0, 0.1) is 26.2 Å². The van der Waals surface area contributed by atoms with Crippen LogP contribution in [0.5, 0.6) is 0 Å². The van der Waals surface area contributed by atoms with Crippen LogP contribution in [0.3, 0.4) is 0 Å². The van der Waals surface area contributed by atoms with Crippen molar-refractivity contribution in [1.29, 1.82) is 0 Å². The van der Waals surface area contributed by atoms with Crippen molar-refractivity contribution in [3.8, 4) is 12.3 Å². The van der Waals surface area contributed by atoms with Crippen molar-refractivity contribution in [2.24, 2.45) is 7.05 Å². The Labute approximate surface area is 114 Å². The standard InChI is InChI=1S/C16H19NO2/c1-7-14-12(3)15(17(5)13(14)4)9-8-11(2)10-16(18)19-6/h1,8-10H,2-6H3/b9-8+,11-10+. The Hall–Kier alpha value is -2.21. The van der Waals surface area contributed by atoms with E-state index >= 15 is 0 Å². The number of nitrogens with zero attached hydrogens (tertiary/aromatic N) is 1. The zero-order valence-electron chi connectivity index (χ0n) is 12.1. The molecule has 0 atom stereocenters. The van der Waals surface area contributed by atoms with E-state index in [1.165, 1.54) is 13.2 Å². The van der Waals surface area contributed by atoms with Crippen LogP contribution in [0.1, 0.15) is 29.4 Å². The second-order valence-electron chi connectivity index (χ2n) is 4.42. The summed E-state index contributed by atoms with van der Waals surface area (Å²) in [5.74, 6) is 2.35. The Bertz CT molecular complexity index is 595. The third-order valence-electron chi connectivity index (χ3n) is 3.18. The smallest absolute Gasteiger partial charge is 0.330 e. The third-order valence-corrected chi connectivity index (χ3v) is 3.18. The normalized spacial score (nSPS) is 11.7. The first-order chi connectivity index (χ1) is 8.92. The zero-order valence-corrected chi connectivity index (χ0v) is 12.1. The molecule has 0 saturated heterocycles. The van der Waals surface area contributed by atoms with Crippen LogP contribution in [0.4, 0.5) is 0 Å². The van der Waals surface area contributed by atoms with Gasteiger partial charge in [-0.05, 0) is 38.0 Å². The van der Waals surface area contributed by atoms with Crippen molar-refractivity contribution in [2.75, 3.05) is 7.11 Å². The van der Waals surface area contributed by atoms with E-state index in [0.29, 0.717) is 0 Å². The number of carbonyl (C=O) groups excluding carboxylic acids is 1. The van der Waals surface area contributed by atoms with Crippen LogP contribution in [-0.4, -0.2) is 17.6 Å². The highest BCUT2D eigenvalue weighted by Gasteiger charge is 2.10. The third kappa shape index (κ3) is 3.17. The topological polar surface area (TPSA) is 31.2 Å². The van der Waals surface area contributed by atoms with Gasteiger partial charge >= 0.3 is 5.97 Å². The lowest BCUT2D eigenvalue weighted by Gasteiger charge is -2.01. The van der Waals surface area contributed by atoms with E-state index in [2.05, 4.69) is 10.7 Å². The van der Waals surface area contributed by atoms with Crippen LogP contribution in [0.2, 0.25) is 0 Å². The summed E-state index contributed by atoms with van der Waals surface area (Å²) in [6, 6.07) is 0. The molecule has 0 unspecified atom stereocenters. The summed E-state index contributed by atoms with van der Waals surface area (Å²) in [6.07, 6.45) is 10.8. The SMILES string of the molecule is C#Cc1c(C)c(/C=C/C(C)=C/C(=O)OC)n(C)c1C. The quantitative estimate of drug-likeness (QED) is 0.361. The van der Waals surface area contributed by atoms with Crippen LogP contribution in [0.25, 0.3) is 6.08 Å². The molecule has 0 radical (unpaired) electrons. The Balaban J connectivity index is 3.11. The average Bonchev–Trinajstić information content (AvgIpc) is 2.58. The fourth-order valence-electron chi connectivity index (χ4n) is 1.95. The van der Waals surface area contributed by atoms with Crippen molar-refractivity contribution >= 4 is 12.0 Å². The summed E-state index contributed by atoms with van der Waals surface area (Å²) >= 11 is 0. The van der Waals surface area contributed by atoms with Gasteiger partial charge in [-0.2, -0.15) is 0 Å². The lowest BCUT2D eigenvalue weighted by atomic mass is 10.1. The number of terminal acetylenes is 1. The van der Waals surface area contributed by atoms with Crippen LogP contribution < -0.4 is 0 Å². The summed E-state index contributed by atoms with van der Waals surface area (Å²) in [5, 5.41) is 0. The minimum Gasteiger partial charge on any atom is -0.466 e. The summed E-state index contributed by atoms with van der Waals surface area (Å²) in [5.41, 5.74) is 4.94. The van der Waals surface area contributed by atoms with Gasteiger partial charge in [0.15, 0.2) is 0 Å². The number of carbonyl (C=O) groups is 1. The number of methoxy groups -OCH3 is 1. The van der Waals surface area contributed by atoms with Crippen molar-refractivity contribution in [3.05, 3.63) is 40.2 Å². The molecule has 0 amide bonds. The molecule has 1 aromatic heterocycles. The molecule has 0 aliphatic heterocycles. The number of rotatable bonds is 3. The summed E-state index contributed by atoms with van der Waals surface area (Å²) in [7, 11) is 3.34. The highest BCUT2D eigenvalue weighted by atomic mass is 16.5. The predicted molar refractivity (Wildman–Crippen MR) is 77.6 cm³/mol. The number of esters is 1. The Morgan fingerprint density at radius 2 is 2.05 bits per heavy atom. The lowest BCUT2D eigenvalue weighted by Crippen LogP contribution is -1.95. The van der Waals surface area contributed by atoms with Crippen LogP contribution >= 0.6 is 0 Å². The van der Waals surface area contributed by atoms with Gasteiger partial charge < -0.3 is 9.30 Å². The van der Waals surface area contributed by atoms with E-state index in [0.717, 1.165) is 28.1 Å². The minimum atomic E-state index is -0.355. The van der Waals surface area contributed by atoms with Crippen molar-refractivity contribution in [1.82, 2.24) is 4.57 Å². The highest BCUT2D eigenvalue weighted by Crippen LogP contribution is 2.21. The van der Waals surface area contributed by atoms with E-state index in [1.807, 2.05) is 44.5 Å². The zero-order chi connectivity index (χ0) is 14.6. The monoisotopic (exact) mass is 257 g/mol. The maximum Gasteiger partial charge on any atom is 0.330 e. The minimum absolute atomic E-state index is 0.355. The first-order valence-electron chi connectivity index (χ1n) is 5.99. The first-order valence-corrected chi connectivity index (χ1v) is 5.99. The number of hydrogen-bond donors (Lipinski definition) is 0. The van der Waals surface area contributed by atoms with Crippen molar-refractivity contribution in [2.45, 2.75) is 20.8 Å². The van der Waals surface area contributed by atoms with E-state index in [4.69, 9.17) is 6.42 Å². The number of aromatic nitrogens is 1. The van der Waals surface area contributed by atoms with Gasteiger partial charge in [0.2, 0.25) is 0 Å². The number of hydrogen-bond acceptors (Lipinski definition) is 2. The lowest BCUT2D eigenvalue weighted by molar-refractivity contribution is -0.134. The highest BCUT2D eigenvalue weighted by molar-refractivity contribution is 5.83. The van der Waals surface area contributed by atoms with Crippen molar-refractivity contribution in [3.63, 3.8) is 0 Å². The van der Waals surface area contributed by atoms with Gasteiger partial charge in [-0.15, -0.1) is 6.42 Å². The molecule has 3 nitrogen and oxygen atoms in total. The summed E-state index contributed by atoms with van der Waals surface area (Å²) in [6.45, 7) is 5.85. The predicted octanol–water partition coefficient (Wildman–Crippen LogP) is 2.76. The molecule has 1 rings (SSSR count). The Morgan fingerprint density at radius 1 is 1.42 bits per heavy atom. The molecule has 0 aliphatic rings. The largest absolute Gasteiger partial charge is 0.466 e. The van der Waals surface area contributed by atoms with Gasteiger partial charge in [0, 0.05) is 30.1 Å². The van der Waals surface area contributed by atoms with Crippen LogP contribution in [-0.2, 0) is 16.6 Å². The maximum atomic E-state index is 11.1. The Kier molecular flexibility index (Phi) is 4.77. The molecular formula is C16H19NO2. The average molecular weight is 257 g/mol. The maximum absolute atomic E-state index is 11.1. The van der Waals surface area contributed by atoms with E-state index < -0.39 is 0 Å². The molecule has 1 aromatic rings. The second kappa shape index (κ2) is 6.10. The van der Waals surface area contributed by atoms with E-state index in [1.54, 1.807) is 0 Å². The molecule has 1 heterocycles. The number of ether oxygens (including phenoxy) is 1. The molecule has 0 N–H and O–H groups in total. The first kappa shape index (κ1) is 14.8. The fraction of sp³-hybridized carbons (Fsp3) is 0.312. The second-order valence-corrected chi connectivity index (χ2v) is 4.42. The van der Waals surface area contributed by atoms with Crippen molar-refractivity contribution < 1.29 is 9.53 Å². The van der Waals surface area contributed by atoms with Gasteiger partial charge in [-0.1, -0.05) is 12.0 Å². The molecule has 0 fully saturated rings. The van der Waals surface area contributed by atoms with Gasteiger partial charge in [0.05, 0.1) is 7.11 Å². The molecule has 0 spiro atoms. The fourth-order valence-corrected chi connectivity index (χ4v) is 1.95. The van der Waals surface area contributed by atoms with Gasteiger partial charge in [-0.25, -0.2) is 4.79 Å². The van der Waals surface area contributed by atoms with Crippen LogP contribution in [0.15, 0.2) is 17.7 Å². The van der Waals surface area contributed by atoms with Gasteiger partial charge in [-0.3, -0.25) is 0 Å². The van der Waals surface area contributed by atoms with Gasteiger partial charge in [0.25, 0.3) is 0 Å². The molecule has 0 saturated carbocycles. The summed E-state index contributed by atoms with van der Waals surface area (Å²) < 4.78 is 6.63. The molecule has 0 aliphatic carbocycles. The molecule has 3 heteroatoms. The number of allylic oxidation sites excluding steroid dienone is 2. The molecular weight excluding hydrogens is 238 g/mol.